The van der Waals surface area contributed by atoms with Crippen molar-refractivity contribution >= 4 is 41.5 Å². The van der Waals surface area contributed by atoms with Crippen LogP contribution in [0.3, 0.4) is 0 Å². The van der Waals surface area contributed by atoms with E-state index in [2.05, 4.69) is 5.32 Å². The molecular formula is C31H45BN4O6. The minimum atomic E-state index is -0.743. The summed E-state index contributed by atoms with van der Waals surface area (Å²) in [6.45, 7) is 18.8. The van der Waals surface area contributed by atoms with Gasteiger partial charge in [0.2, 0.25) is 11.8 Å². The molecule has 3 heterocycles. The summed E-state index contributed by atoms with van der Waals surface area (Å²) in [5, 5.41) is 2.86. The number of benzene rings is 1. The number of likely N-dealkylation sites (tertiary alicyclic amines) is 1. The molecule has 10 nitrogen and oxygen atoms in total. The minimum Gasteiger partial charge on any atom is -0.443 e. The number of ether oxygens (including phenoxy) is 1. The Balaban J connectivity index is 1.62. The van der Waals surface area contributed by atoms with Gasteiger partial charge < -0.3 is 24.3 Å². The van der Waals surface area contributed by atoms with Gasteiger partial charge in [0.25, 0.3) is 0 Å². The minimum absolute atomic E-state index is 0.0229. The molecule has 228 valence electrons. The molecule has 1 aliphatic carbocycles. The van der Waals surface area contributed by atoms with Crippen molar-refractivity contribution in [1.82, 2.24) is 19.8 Å². The Hall–Kier alpha value is -2.92. The van der Waals surface area contributed by atoms with Crippen LogP contribution >= 0.6 is 0 Å². The zero-order valence-electron chi connectivity index (χ0n) is 26.6. The number of hydrogen-bond donors (Lipinski definition) is 1. The standard InChI is InChI=1S/C31H45BN4O6/c1-17(2)24(33-18(3)37)27(38)35-21-13-11-19(15-21)25(35)26-34-22-14-12-20(32-41-30(7,8)31(9,10)42-32)16-23(22)36(26)28(39)40-29(4,5)6/h12,14,16-17,19,21,24-25H,11,13,15H2,1-10H3,(H,33,37). The van der Waals surface area contributed by atoms with E-state index in [4.69, 9.17) is 19.0 Å². The van der Waals surface area contributed by atoms with Crippen LogP contribution in [0.2, 0.25) is 0 Å². The van der Waals surface area contributed by atoms with Crippen molar-refractivity contribution in [1.29, 1.82) is 0 Å². The van der Waals surface area contributed by atoms with Crippen molar-refractivity contribution in [2.75, 3.05) is 0 Å². The number of carbonyl (C=O) groups excluding carboxylic acids is 3. The number of imidazole rings is 1. The summed E-state index contributed by atoms with van der Waals surface area (Å²) >= 11 is 0. The van der Waals surface area contributed by atoms with Gasteiger partial charge in [-0.2, -0.15) is 0 Å². The summed E-state index contributed by atoms with van der Waals surface area (Å²) in [4.78, 5) is 46.9. The number of amides is 2. The van der Waals surface area contributed by atoms with E-state index < -0.39 is 42.1 Å². The highest BCUT2D eigenvalue weighted by atomic mass is 16.7. The quantitative estimate of drug-likeness (QED) is 0.524. The normalized spacial score (nSPS) is 25.4. The summed E-state index contributed by atoms with van der Waals surface area (Å²) in [6.07, 6.45) is 2.10. The van der Waals surface area contributed by atoms with Crippen LogP contribution in [-0.2, 0) is 23.6 Å². The lowest BCUT2D eigenvalue weighted by atomic mass is 9.79. The summed E-state index contributed by atoms with van der Waals surface area (Å²) in [6, 6.07) is 4.59. The average molecular weight is 581 g/mol. The van der Waals surface area contributed by atoms with Gasteiger partial charge in [0.1, 0.15) is 17.5 Å². The van der Waals surface area contributed by atoms with E-state index >= 15 is 0 Å². The molecule has 5 rings (SSSR count). The van der Waals surface area contributed by atoms with Crippen LogP contribution in [-0.4, -0.2) is 68.4 Å². The second kappa shape index (κ2) is 10.4. The Morgan fingerprint density at radius 3 is 2.31 bits per heavy atom. The molecule has 4 unspecified atom stereocenters. The maximum absolute atomic E-state index is 14.1. The Morgan fingerprint density at radius 1 is 1.10 bits per heavy atom. The van der Waals surface area contributed by atoms with E-state index in [1.54, 1.807) is 0 Å². The van der Waals surface area contributed by atoms with Gasteiger partial charge in [0.05, 0.1) is 28.3 Å². The zero-order chi connectivity index (χ0) is 30.9. The molecule has 42 heavy (non-hydrogen) atoms. The lowest BCUT2D eigenvalue weighted by molar-refractivity contribution is -0.141. The molecule has 1 aromatic heterocycles. The Kier molecular flexibility index (Phi) is 7.54. The van der Waals surface area contributed by atoms with Gasteiger partial charge in [0, 0.05) is 13.0 Å². The monoisotopic (exact) mass is 580 g/mol. The van der Waals surface area contributed by atoms with Gasteiger partial charge in [-0.05, 0) is 97.2 Å². The van der Waals surface area contributed by atoms with Crippen molar-refractivity contribution in [2.45, 2.75) is 123 Å². The summed E-state index contributed by atoms with van der Waals surface area (Å²) < 4.78 is 20.0. The first-order chi connectivity index (χ1) is 19.4. The molecular weight excluding hydrogens is 535 g/mol. The fourth-order valence-corrected chi connectivity index (χ4v) is 6.47. The highest BCUT2D eigenvalue weighted by Gasteiger charge is 2.54. The van der Waals surface area contributed by atoms with Gasteiger partial charge in [-0.25, -0.2) is 14.3 Å². The molecule has 1 N–H and O–H groups in total. The smallest absolute Gasteiger partial charge is 0.443 e. The molecule has 2 bridgehead atoms. The first-order valence-corrected chi connectivity index (χ1v) is 15.1. The van der Waals surface area contributed by atoms with Crippen LogP contribution in [0, 0.1) is 11.8 Å². The van der Waals surface area contributed by atoms with Crippen molar-refractivity contribution < 1.29 is 28.4 Å². The first kappa shape index (κ1) is 30.5. The fourth-order valence-electron chi connectivity index (χ4n) is 6.47. The number of fused-ring (bicyclic) bond motifs is 3. The third-order valence-electron chi connectivity index (χ3n) is 9.20. The van der Waals surface area contributed by atoms with E-state index in [1.165, 1.54) is 11.5 Å². The highest BCUT2D eigenvalue weighted by molar-refractivity contribution is 6.62. The fraction of sp³-hybridized carbons (Fsp3) is 0.677. The lowest BCUT2D eigenvalue weighted by Gasteiger charge is -2.38. The van der Waals surface area contributed by atoms with Crippen LogP contribution in [0.25, 0.3) is 11.0 Å². The largest absolute Gasteiger partial charge is 0.494 e. The molecule has 0 spiro atoms. The number of hydrogen-bond acceptors (Lipinski definition) is 7. The number of nitrogens with one attached hydrogen (secondary N) is 1. The number of aromatic nitrogens is 2. The van der Waals surface area contributed by atoms with Crippen LogP contribution in [0.15, 0.2) is 18.2 Å². The van der Waals surface area contributed by atoms with Gasteiger partial charge in [-0.15, -0.1) is 0 Å². The Bertz CT molecular complexity index is 1390. The van der Waals surface area contributed by atoms with E-state index in [-0.39, 0.29) is 29.7 Å². The SMILES string of the molecule is CC(=O)NC(C(=O)N1C2CCC(C2)C1c1nc2ccc(B3OC(C)(C)C(C)(C)O3)cc2n1C(=O)OC(C)(C)C)C(C)C. The van der Waals surface area contributed by atoms with Crippen LogP contribution in [0.4, 0.5) is 4.79 Å². The predicted octanol–water partition coefficient (Wildman–Crippen LogP) is 4.33. The van der Waals surface area contributed by atoms with Crippen LogP contribution in [0.5, 0.6) is 0 Å². The number of nitrogens with zero attached hydrogens (tertiary/aromatic N) is 3. The molecule has 3 fully saturated rings. The molecule has 0 radical (unpaired) electrons. The first-order valence-electron chi connectivity index (χ1n) is 15.1. The third kappa shape index (κ3) is 5.34. The summed E-state index contributed by atoms with van der Waals surface area (Å²) in [5.41, 5.74) is 0.176. The molecule has 1 saturated carbocycles. The molecule has 1 aromatic carbocycles. The van der Waals surface area contributed by atoms with Gasteiger partial charge in [0.15, 0.2) is 0 Å². The third-order valence-corrected chi connectivity index (χ3v) is 9.20. The van der Waals surface area contributed by atoms with Crippen molar-refractivity contribution in [2.24, 2.45) is 11.8 Å². The Morgan fingerprint density at radius 2 is 1.74 bits per heavy atom. The van der Waals surface area contributed by atoms with Crippen molar-refractivity contribution in [3.8, 4) is 0 Å². The Labute approximate surface area is 249 Å². The van der Waals surface area contributed by atoms with Crippen molar-refractivity contribution in [3.05, 3.63) is 24.0 Å². The highest BCUT2D eigenvalue weighted by Crippen LogP contribution is 2.51. The number of rotatable bonds is 5. The second-order valence-corrected chi connectivity index (χ2v) is 14.5. The molecule has 2 aromatic rings. The predicted molar refractivity (Wildman–Crippen MR) is 160 cm³/mol. The maximum Gasteiger partial charge on any atom is 0.494 e. The molecule has 3 aliphatic rings. The van der Waals surface area contributed by atoms with E-state index in [0.717, 1.165) is 24.7 Å². The van der Waals surface area contributed by atoms with Crippen molar-refractivity contribution in [3.63, 3.8) is 0 Å². The second-order valence-electron chi connectivity index (χ2n) is 14.5. The summed E-state index contributed by atoms with van der Waals surface area (Å²) in [5.74, 6) is 0.131. The topological polar surface area (TPSA) is 112 Å². The number of piperidine rings is 1. The van der Waals surface area contributed by atoms with Crippen LogP contribution in [0.1, 0.15) is 100 Å². The number of carbonyl (C=O) groups is 3. The van der Waals surface area contributed by atoms with Crippen LogP contribution < -0.4 is 10.8 Å². The zero-order valence-corrected chi connectivity index (χ0v) is 26.6. The van der Waals surface area contributed by atoms with E-state index in [9.17, 15) is 14.4 Å². The van der Waals surface area contributed by atoms with E-state index in [0.29, 0.717) is 16.9 Å². The molecule has 2 saturated heterocycles. The van der Waals surface area contributed by atoms with Gasteiger partial charge in [-0.3, -0.25) is 9.59 Å². The van der Waals surface area contributed by atoms with Gasteiger partial charge >= 0.3 is 13.2 Å². The molecule has 11 heteroatoms. The molecule has 2 aliphatic heterocycles. The molecule has 4 atom stereocenters. The average Bonchev–Trinajstić information content (AvgIpc) is 3.60. The maximum atomic E-state index is 14.1. The molecule has 2 amide bonds. The van der Waals surface area contributed by atoms with Gasteiger partial charge in [-0.1, -0.05) is 19.9 Å². The summed E-state index contributed by atoms with van der Waals surface area (Å²) in [7, 11) is -0.616. The lowest BCUT2D eigenvalue weighted by Crippen LogP contribution is -2.53. The van der Waals surface area contributed by atoms with E-state index in [1.807, 2.05) is 85.4 Å².